The third-order valence-corrected chi connectivity index (χ3v) is 4.41. The summed E-state index contributed by atoms with van der Waals surface area (Å²) in [5, 5.41) is 3.44. The molecule has 1 N–H and O–H groups in total. The van der Waals surface area contributed by atoms with E-state index in [0.29, 0.717) is 21.8 Å². The summed E-state index contributed by atoms with van der Waals surface area (Å²) in [6.07, 6.45) is 1.77. The summed E-state index contributed by atoms with van der Waals surface area (Å²) in [5.41, 5.74) is 3.12. The molecule has 0 spiro atoms. The predicted octanol–water partition coefficient (Wildman–Crippen LogP) is 5.72. The van der Waals surface area contributed by atoms with Crippen LogP contribution < -0.4 is 5.32 Å². The van der Waals surface area contributed by atoms with Crippen molar-refractivity contribution >= 4 is 40.6 Å². The lowest BCUT2D eigenvalue weighted by Crippen LogP contribution is -2.14. The van der Waals surface area contributed by atoms with Crippen molar-refractivity contribution in [1.29, 1.82) is 0 Å². The first-order valence-electron chi connectivity index (χ1n) is 8.48. The molecule has 0 aliphatic rings. The van der Waals surface area contributed by atoms with E-state index in [1.165, 1.54) is 6.92 Å². The molecule has 134 valence electrons. The minimum Gasteiger partial charge on any atom is -0.322 e. The zero-order valence-corrected chi connectivity index (χ0v) is 15.5. The first kappa shape index (κ1) is 18.6. The lowest BCUT2D eigenvalue weighted by Gasteiger charge is -2.11. The van der Waals surface area contributed by atoms with E-state index in [1.807, 2.05) is 48.5 Å². The molecule has 0 atom stereocenters. The van der Waals surface area contributed by atoms with Crippen LogP contribution in [0.4, 0.5) is 5.69 Å². The molecule has 0 fully saturated rings. The molecule has 3 rings (SSSR count). The van der Waals surface area contributed by atoms with Crippen LogP contribution in [0.2, 0.25) is 5.02 Å². The first-order valence-corrected chi connectivity index (χ1v) is 8.86. The van der Waals surface area contributed by atoms with Gasteiger partial charge in [-0.1, -0.05) is 72.3 Å². The van der Waals surface area contributed by atoms with Crippen LogP contribution in [0.25, 0.3) is 11.6 Å². The summed E-state index contributed by atoms with van der Waals surface area (Å²) in [6.45, 7) is 1.49. The number of hydrogen-bond acceptors (Lipinski definition) is 2. The monoisotopic (exact) mass is 375 g/mol. The van der Waals surface area contributed by atoms with Gasteiger partial charge >= 0.3 is 0 Å². The van der Waals surface area contributed by atoms with Crippen LogP contribution in [0.15, 0.2) is 78.9 Å². The van der Waals surface area contributed by atoms with E-state index in [2.05, 4.69) is 5.32 Å². The molecule has 0 aliphatic heterocycles. The fourth-order valence-electron chi connectivity index (χ4n) is 2.66. The van der Waals surface area contributed by atoms with Gasteiger partial charge in [-0.2, -0.15) is 0 Å². The second kappa shape index (κ2) is 8.47. The minimum absolute atomic E-state index is 0.0546. The number of ketones is 1. The Kier molecular flexibility index (Phi) is 5.84. The molecule has 4 heteroatoms. The van der Waals surface area contributed by atoms with Crippen molar-refractivity contribution in [3.05, 3.63) is 101 Å². The predicted molar refractivity (Wildman–Crippen MR) is 111 cm³/mol. The fraction of sp³-hybridized carbons (Fsp3) is 0.0435. The van der Waals surface area contributed by atoms with Crippen molar-refractivity contribution in [3.8, 4) is 0 Å². The van der Waals surface area contributed by atoms with Gasteiger partial charge < -0.3 is 5.32 Å². The summed E-state index contributed by atoms with van der Waals surface area (Å²) in [7, 11) is 0. The molecule has 0 bridgehead atoms. The van der Waals surface area contributed by atoms with Crippen molar-refractivity contribution in [2.24, 2.45) is 0 Å². The first-order chi connectivity index (χ1) is 13.0. The Morgan fingerprint density at radius 2 is 1.52 bits per heavy atom. The second-order valence-corrected chi connectivity index (χ2v) is 6.44. The topological polar surface area (TPSA) is 46.2 Å². The Bertz CT molecular complexity index is 1010. The summed E-state index contributed by atoms with van der Waals surface area (Å²) >= 11 is 6.26. The third-order valence-electron chi connectivity index (χ3n) is 4.06. The number of benzene rings is 3. The molecular weight excluding hydrogens is 358 g/mol. The Morgan fingerprint density at radius 3 is 2.22 bits per heavy atom. The van der Waals surface area contributed by atoms with E-state index >= 15 is 0 Å². The van der Waals surface area contributed by atoms with Gasteiger partial charge in [-0.25, -0.2) is 0 Å². The van der Waals surface area contributed by atoms with E-state index in [1.54, 1.807) is 36.4 Å². The fourth-order valence-corrected chi connectivity index (χ4v) is 2.85. The quantitative estimate of drug-likeness (QED) is 0.352. The Morgan fingerprint density at radius 1 is 0.852 bits per heavy atom. The number of rotatable bonds is 5. The Labute approximate surface area is 163 Å². The third kappa shape index (κ3) is 4.72. The molecule has 0 aliphatic carbocycles. The molecule has 0 heterocycles. The largest absolute Gasteiger partial charge is 0.322 e. The number of carbonyl (C=O) groups is 2. The molecule has 0 aromatic heterocycles. The highest BCUT2D eigenvalue weighted by molar-refractivity contribution is 6.34. The molecule has 3 aromatic rings. The van der Waals surface area contributed by atoms with Crippen molar-refractivity contribution in [3.63, 3.8) is 0 Å². The van der Waals surface area contributed by atoms with Crippen molar-refractivity contribution in [2.75, 3.05) is 5.32 Å². The van der Waals surface area contributed by atoms with E-state index < -0.39 is 0 Å². The molecule has 0 radical (unpaired) electrons. The Hall–Kier alpha value is -3.17. The van der Waals surface area contributed by atoms with E-state index in [-0.39, 0.29) is 11.7 Å². The average Bonchev–Trinajstić information content (AvgIpc) is 2.68. The lowest BCUT2D eigenvalue weighted by atomic mass is 10.0. The number of carbonyl (C=O) groups excluding carboxylic acids is 2. The smallest absolute Gasteiger partial charge is 0.256 e. The zero-order valence-electron chi connectivity index (χ0n) is 14.8. The summed E-state index contributed by atoms with van der Waals surface area (Å²) in [4.78, 5) is 24.6. The highest BCUT2D eigenvalue weighted by Gasteiger charge is 2.14. The molecule has 1 amide bonds. The van der Waals surface area contributed by atoms with Crippen LogP contribution >= 0.6 is 11.6 Å². The van der Waals surface area contributed by atoms with Gasteiger partial charge in [0.15, 0.2) is 5.78 Å². The number of amides is 1. The van der Waals surface area contributed by atoms with Gasteiger partial charge in [0.1, 0.15) is 0 Å². The number of anilines is 1. The highest BCUT2D eigenvalue weighted by atomic mass is 35.5. The summed E-state index contributed by atoms with van der Waals surface area (Å²) in [6, 6.07) is 23.6. The average molecular weight is 376 g/mol. The molecular formula is C23H18ClNO2. The van der Waals surface area contributed by atoms with Crippen LogP contribution in [0.3, 0.4) is 0 Å². The molecule has 3 aromatic carbocycles. The molecule has 3 nitrogen and oxygen atoms in total. The van der Waals surface area contributed by atoms with Crippen molar-refractivity contribution in [2.45, 2.75) is 6.92 Å². The Balaban J connectivity index is 1.98. The zero-order chi connectivity index (χ0) is 19.2. The van der Waals surface area contributed by atoms with Gasteiger partial charge in [0, 0.05) is 21.8 Å². The van der Waals surface area contributed by atoms with Crippen LogP contribution in [0.5, 0.6) is 0 Å². The summed E-state index contributed by atoms with van der Waals surface area (Å²) < 4.78 is 0. The number of Topliss-reactive ketones (excluding diaryl/α,β-unsaturated/α-hetero) is 1. The van der Waals surface area contributed by atoms with Gasteiger partial charge in [-0.15, -0.1) is 0 Å². The van der Waals surface area contributed by atoms with E-state index in [0.717, 1.165) is 11.1 Å². The minimum atomic E-state index is -0.276. The normalized spacial score (nSPS) is 11.1. The van der Waals surface area contributed by atoms with Gasteiger partial charge in [0.05, 0.1) is 0 Å². The maximum atomic E-state index is 13.0. The van der Waals surface area contributed by atoms with Gasteiger partial charge in [0.25, 0.3) is 5.91 Å². The molecule has 27 heavy (non-hydrogen) atoms. The van der Waals surface area contributed by atoms with Crippen LogP contribution in [-0.2, 0) is 4.79 Å². The van der Waals surface area contributed by atoms with Gasteiger partial charge in [-0.3, -0.25) is 9.59 Å². The van der Waals surface area contributed by atoms with Crippen LogP contribution in [0, 0.1) is 0 Å². The number of halogens is 1. The van der Waals surface area contributed by atoms with Crippen LogP contribution in [-0.4, -0.2) is 11.7 Å². The van der Waals surface area contributed by atoms with Crippen molar-refractivity contribution in [1.82, 2.24) is 0 Å². The number of hydrogen-bond donors (Lipinski definition) is 1. The highest BCUT2D eigenvalue weighted by Crippen LogP contribution is 2.24. The number of nitrogens with one attached hydrogen (secondary N) is 1. The molecule has 0 saturated carbocycles. The van der Waals surface area contributed by atoms with Gasteiger partial charge in [0.2, 0.25) is 0 Å². The second-order valence-electron chi connectivity index (χ2n) is 6.04. The van der Waals surface area contributed by atoms with Crippen molar-refractivity contribution < 1.29 is 9.59 Å². The molecule has 0 unspecified atom stereocenters. The maximum Gasteiger partial charge on any atom is 0.256 e. The van der Waals surface area contributed by atoms with E-state index in [4.69, 9.17) is 11.6 Å². The van der Waals surface area contributed by atoms with E-state index in [9.17, 15) is 9.59 Å². The van der Waals surface area contributed by atoms with Gasteiger partial charge in [-0.05, 0) is 42.3 Å². The lowest BCUT2D eigenvalue weighted by molar-refractivity contribution is -0.111. The van der Waals surface area contributed by atoms with Crippen LogP contribution in [0.1, 0.15) is 28.4 Å². The molecule has 0 saturated heterocycles. The standard InChI is InChI=1S/C23H18ClNO2/c1-16(26)18-11-7-12-20(14-18)25-23(27)21(17-8-3-2-4-9-17)15-19-10-5-6-13-22(19)24/h2-15H,1H3,(H,25,27). The summed E-state index contributed by atoms with van der Waals surface area (Å²) in [5.74, 6) is -0.331. The SMILES string of the molecule is CC(=O)c1cccc(NC(=O)C(=Cc2ccccc2Cl)c2ccccc2)c1. The maximum absolute atomic E-state index is 13.0.